The van der Waals surface area contributed by atoms with Crippen molar-refractivity contribution in [2.75, 3.05) is 14.2 Å². The van der Waals surface area contributed by atoms with E-state index in [4.69, 9.17) is 9.47 Å². The van der Waals surface area contributed by atoms with Gasteiger partial charge in [-0.3, -0.25) is 4.79 Å². The van der Waals surface area contributed by atoms with Crippen LogP contribution in [-0.2, 0) is 11.2 Å². The minimum absolute atomic E-state index is 0.0390. The molecule has 8 nitrogen and oxygen atoms in total. The Labute approximate surface area is 163 Å². The van der Waals surface area contributed by atoms with Crippen LogP contribution in [0, 0.1) is 13.8 Å². The van der Waals surface area contributed by atoms with Crippen LogP contribution in [-0.4, -0.2) is 39.7 Å². The normalized spacial score (nSPS) is 12.0. The Bertz CT molecular complexity index is 999. The van der Waals surface area contributed by atoms with E-state index in [1.54, 1.807) is 18.7 Å². The number of nitrogens with zero attached hydrogens (tertiary/aromatic N) is 4. The van der Waals surface area contributed by atoms with Gasteiger partial charge in [-0.05, 0) is 44.9 Å². The topological polar surface area (TPSA) is 90.6 Å². The number of benzene rings is 1. The summed E-state index contributed by atoms with van der Waals surface area (Å²) in [4.78, 5) is 21.1. The van der Waals surface area contributed by atoms with E-state index >= 15 is 0 Å². The highest BCUT2D eigenvalue weighted by Crippen LogP contribution is 2.29. The highest BCUT2D eigenvalue weighted by atomic mass is 16.5. The van der Waals surface area contributed by atoms with Crippen LogP contribution in [0.3, 0.4) is 0 Å². The molecule has 0 bridgehead atoms. The van der Waals surface area contributed by atoms with Gasteiger partial charge in [0.15, 0.2) is 0 Å². The van der Waals surface area contributed by atoms with Crippen molar-refractivity contribution in [3.8, 4) is 11.5 Å². The van der Waals surface area contributed by atoms with Crippen molar-refractivity contribution < 1.29 is 14.3 Å². The third kappa shape index (κ3) is 3.90. The van der Waals surface area contributed by atoms with Crippen LogP contribution < -0.4 is 14.8 Å². The third-order valence-corrected chi connectivity index (χ3v) is 4.88. The molecule has 2 heterocycles. The average molecular weight is 383 g/mol. The van der Waals surface area contributed by atoms with Gasteiger partial charge in [0.2, 0.25) is 5.91 Å². The number of aryl methyl sites for hydroxylation is 2. The van der Waals surface area contributed by atoms with E-state index in [0.29, 0.717) is 30.1 Å². The Balaban J connectivity index is 1.68. The van der Waals surface area contributed by atoms with E-state index in [0.717, 1.165) is 22.5 Å². The Hall–Kier alpha value is -3.16. The lowest BCUT2D eigenvalue weighted by molar-refractivity contribution is -0.121. The number of nitrogens with one attached hydrogen (secondary N) is 1. The molecule has 1 amide bonds. The van der Waals surface area contributed by atoms with Crippen molar-refractivity contribution >= 4 is 11.7 Å². The van der Waals surface area contributed by atoms with Crippen LogP contribution in [0.4, 0.5) is 0 Å². The van der Waals surface area contributed by atoms with Crippen LogP contribution in [0.5, 0.6) is 11.5 Å². The summed E-state index contributed by atoms with van der Waals surface area (Å²) in [6, 6.07) is 5.38. The van der Waals surface area contributed by atoms with Gasteiger partial charge >= 0.3 is 0 Å². The van der Waals surface area contributed by atoms with Crippen molar-refractivity contribution in [3.63, 3.8) is 0 Å². The SMILES string of the molecule is COc1ccc(C(C)NC(=O)CCc2c(C)nc3ncnn3c2C)c(OC)c1. The molecule has 0 radical (unpaired) electrons. The minimum atomic E-state index is -0.188. The summed E-state index contributed by atoms with van der Waals surface area (Å²) in [5.41, 5.74) is 3.74. The molecule has 0 aliphatic rings. The maximum Gasteiger partial charge on any atom is 0.252 e. The van der Waals surface area contributed by atoms with Crippen molar-refractivity contribution in [1.29, 1.82) is 0 Å². The van der Waals surface area contributed by atoms with Gasteiger partial charge in [0.25, 0.3) is 5.78 Å². The quantitative estimate of drug-likeness (QED) is 0.674. The predicted octanol–water partition coefficient (Wildman–Crippen LogP) is 2.57. The zero-order chi connectivity index (χ0) is 20.3. The standard InChI is InChI=1S/C20H25N5O3/c1-12-16(14(3)25-20(24-12)21-11-22-25)8-9-19(26)23-13(2)17-7-6-15(27-4)10-18(17)28-5/h6-7,10-11,13H,8-9H2,1-5H3,(H,23,26). The first kappa shape index (κ1) is 19.6. The van der Waals surface area contributed by atoms with Gasteiger partial charge in [-0.2, -0.15) is 10.1 Å². The molecule has 0 spiro atoms. The molecular formula is C20H25N5O3. The molecule has 8 heteroatoms. The Morgan fingerprint density at radius 2 is 2.04 bits per heavy atom. The molecule has 0 saturated heterocycles. The van der Waals surface area contributed by atoms with E-state index < -0.39 is 0 Å². The van der Waals surface area contributed by atoms with E-state index in [-0.39, 0.29) is 11.9 Å². The molecule has 3 aromatic rings. The summed E-state index contributed by atoms with van der Waals surface area (Å²) in [6.45, 7) is 5.83. The van der Waals surface area contributed by atoms with Crippen LogP contribution in [0.1, 0.15) is 41.9 Å². The number of methoxy groups -OCH3 is 2. The van der Waals surface area contributed by atoms with E-state index in [1.807, 2.05) is 39.0 Å². The summed E-state index contributed by atoms with van der Waals surface area (Å²) in [5, 5.41) is 7.22. The number of ether oxygens (including phenoxy) is 2. The van der Waals surface area contributed by atoms with Crippen molar-refractivity contribution in [3.05, 3.63) is 47.0 Å². The van der Waals surface area contributed by atoms with Gasteiger partial charge in [0.05, 0.1) is 20.3 Å². The molecule has 0 fully saturated rings. The molecular weight excluding hydrogens is 358 g/mol. The fourth-order valence-electron chi connectivity index (χ4n) is 3.32. The molecule has 2 aromatic heterocycles. The van der Waals surface area contributed by atoms with Gasteiger partial charge in [-0.15, -0.1) is 0 Å². The lowest BCUT2D eigenvalue weighted by Crippen LogP contribution is -2.27. The smallest absolute Gasteiger partial charge is 0.252 e. The van der Waals surface area contributed by atoms with Crippen molar-refractivity contribution in [2.24, 2.45) is 0 Å². The first-order valence-corrected chi connectivity index (χ1v) is 9.11. The first-order valence-electron chi connectivity index (χ1n) is 9.11. The second-order valence-electron chi connectivity index (χ2n) is 6.63. The van der Waals surface area contributed by atoms with Gasteiger partial charge in [-0.1, -0.05) is 0 Å². The third-order valence-electron chi connectivity index (χ3n) is 4.88. The fraction of sp³-hybridized carbons (Fsp3) is 0.400. The predicted molar refractivity (Wildman–Crippen MR) is 105 cm³/mol. The zero-order valence-corrected chi connectivity index (χ0v) is 16.8. The summed E-state index contributed by atoms with van der Waals surface area (Å²) < 4.78 is 12.4. The van der Waals surface area contributed by atoms with E-state index in [2.05, 4.69) is 20.4 Å². The summed E-state index contributed by atoms with van der Waals surface area (Å²) in [7, 11) is 3.21. The van der Waals surface area contributed by atoms with Crippen molar-refractivity contribution in [2.45, 2.75) is 39.7 Å². The van der Waals surface area contributed by atoms with E-state index in [9.17, 15) is 4.79 Å². The number of fused-ring (bicyclic) bond motifs is 1. The molecule has 148 valence electrons. The number of amides is 1. The Morgan fingerprint density at radius 3 is 2.75 bits per heavy atom. The molecule has 1 atom stereocenters. The van der Waals surface area contributed by atoms with Crippen LogP contribution in [0.15, 0.2) is 24.5 Å². The number of aromatic nitrogens is 4. The first-order chi connectivity index (χ1) is 13.4. The molecule has 1 aromatic carbocycles. The van der Waals surface area contributed by atoms with Gasteiger partial charge < -0.3 is 14.8 Å². The maximum absolute atomic E-state index is 12.5. The van der Waals surface area contributed by atoms with Crippen molar-refractivity contribution in [1.82, 2.24) is 24.9 Å². The summed E-state index contributed by atoms with van der Waals surface area (Å²) in [5.74, 6) is 1.92. The minimum Gasteiger partial charge on any atom is -0.497 e. The maximum atomic E-state index is 12.5. The molecule has 0 saturated carbocycles. The van der Waals surface area contributed by atoms with E-state index in [1.165, 1.54) is 6.33 Å². The fourth-order valence-corrected chi connectivity index (χ4v) is 3.32. The van der Waals surface area contributed by atoms with Crippen LogP contribution in [0.2, 0.25) is 0 Å². The van der Waals surface area contributed by atoms with Crippen LogP contribution >= 0.6 is 0 Å². The lowest BCUT2D eigenvalue weighted by Gasteiger charge is -2.18. The summed E-state index contributed by atoms with van der Waals surface area (Å²) >= 11 is 0. The van der Waals surface area contributed by atoms with Crippen LogP contribution in [0.25, 0.3) is 5.78 Å². The van der Waals surface area contributed by atoms with Gasteiger partial charge in [0.1, 0.15) is 17.8 Å². The zero-order valence-electron chi connectivity index (χ0n) is 16.8. The van der Waals surface area contributed by atoms with Gasteiger partial charge in [0, 0.05) is 29.4 Å². The lowest BCUT2D eigenvalue weighted by atomic mass is 10.0. The number of hydrogen-bond acceptors (Lipinski definition) is 6. The average Bonchev–Trinajstić information content (AvgIpc) is 3.15. The Morgan fingerprint density at radius 1 is 1.25 bits per heavy atom. The number of rotatable bonds is 7. The molecule has 0 aliphatic carbocycles. The Kier molecular flexibility index (Phi) is 5.77. The number of carbonyl (C=O) groups is 1. The molecule has 0 aliphatic heterocycles. The molecule has 1 unspecified atom stereocenters. The monoisotopic (exact) mass is 383 g/mol. The van der Waals surface area contributed by atoms with Gasteiger partial charge in [-0.25, -0.2) is 9.50 Å². The second-order valence-corrected chi connectivity index (χ2v) is 6.63. The molecule has 3 rings (SSSR count). The molecule has 28 heavy (non-hydrogen) atoms. The summed E-state index contributed by atoms with van der Waals surface area (Å²) in [6.07, 6.45) is 2.42. The number of hydrogen-bond donors (Lipinski definition) is 1. The number of carbonyl (C=O) groups excluding carboxylic acids is 1. The highest BCUT2D eigenvalue weighted by molar-refractivity contribution is 5.77. The molecule has 1 N–H and O–H groups in total. The highest BCUT2D eigenvalue weighted by Gasteiger charge is 2.17. The largest absolute Gasteiger partial charge is 0.497 e. The second kappa shape index (κ2) is 8.24.